The molecule has 0 saturated heterocycles. The maximum atomic E-state index is 4.36. The molecule has 6 nitrogen and oxygen atoms in total. The van der Waals surface area contributed by atoms with E-state index in [0.29, 0.717) is 11.7 Å². The predicted octanol–water partition coefficient (Wildman–Crippen LogP) is 1.90. The van der Waals surface area contributed by atoms with Crippen LogP contribution in [0.15, 0.2) is 12.1 Å². The van der Waals surface area contributed by atoms with E-state index in [9.17, 15) is 0 Å². The van der Waals surface area contributed by atoms with Gasteiger partial charge in [-0.1, -0.05) is 32.1 Å². The van der Waals surface area contributed by atoms with Crippen LogP contribution in [-0.2, 0) is 0 Å². The zero-order chi connectivity index (χ0) is 12.7. The molecule has 6 heteroatoms. The van der Waals surface area contributed by atoms with Crippen LogP contribution in [0.2, 0.25) is 0 Å². The van der Waals surface area contributed by atoms with E-state index in [4.69, 9.17) is 0 Å². The predicted molar refractivity (Wildman–Crippen MR) is 70.7 cm³/mol. The van der Waals surface area contributed by atoms with Gasteiger partial charge in [-0.2, -0.15) is 0 Å². The summed E-state index contributed by atoms with van der Waals surface area (Å²) >= 11 is 0. The van der Waals surface area contributed by atoms with Crippen LogP contribution in [0.5, 0.6) is 0 Å². The molecule has 19 heavy (non-hydrogen) atoms. The van der Waals surface area contributed by atoms with Crippen molar-refractivity contribution in [2.75, 3.05) is 5.32 Å². The van der Waals surface area contributed by atoms with E-state index < -0.39 is 0 Å². The summed E-state index contributed by atoms with van der Waals surface area (Å²) in [6.45, 7) is 0. The molecule has 2 aromatic heterocycles. The van der Waals surface area contributed by atoms with E-state index in [1.165, 1.54) is 43.2 Å². The van der Waals surface area contributed by atoms with Crippen molar-refractivity contribution >= 4 is 11.5 Å². The van der Waals surface area contributed by atoms with Gasteiger partial charge >= 0.3 is 0 Å². The van der Waals surface area contributed by atoms with Crippen LogP contribution < -0.4 is 5.32 Å². The third-order valence-corrected chi connectivity index (χ3v) is 4.50. The zero-order valence-corrected chi connectivity index (χ0v) is 10.9. The largest absolute Gasteiger partial charge is 0.366 e. The van der Waals surface area contributed by atoms with Gasteiger partial charge in [-0.25, -0.2) is 0 Å². The first-order valence-electron chi connectivity index (χ1n) is 7.22. The summed E-state index contributed by atoms with van der Waals surface area (Å²) in [7, 11) is 0. The first-order valence-corrected chi connectivity index (χ1v) is 7.22. The molecule has 2 unspecified atom stereocenters. The van der Waals surface area contributed by atoms with E-state index in [-0.39, 0.29) is 0 Å². The molecule has 100 valence electrons. The summed E-state index contributed by atoms with van der Waals surface area (Å²) in [5, 5.41) is 19.2. The number of tetrazole rings is 1. The van der Waals surface area contributed by atoms with Crippen LogP contribution in [0.4, 0.5) is 5.82 Å². The van der Waals surface area contributed by atoms with Crippen molar-refractivity contribution < 1.29 is 0 Å². The van der Waals surface area contributed by atoms with Gasteiger partial charge in [0.1, 0.15) is 5.82 Å². The lowest BCUT2D eigenvalue weighted by Crippen LogP contribution is -2.15. The highest BCUT2D eigenvalue weighted by atomic mass is 15.6. The van der Waals surface area contributed by atoms with Gasteiger partial charge in [0.25, 0.3) is 0 Å². The van der Waals surface area contributed by atoms with Crippen molar-refractivity contribution in [2.24, 2.45) is 11.8 Å². The fraction of sp³-hybridized carbons (Fsp3) is 0.692. The second-order valence-electron chi connectivity index (χ2n) is 5.79. The maximum Gasteiger partial charge on any atom is 0.200 e. The maximum absolute atomic E-state index is 4.36. The normalized spacial score (nSPS) is 27.6. The molecule has 1 N–H and O–H groups in total. The van der Waals surface area contributed by atoms with E-state index in [1.54, 1.807) is 0 Å². The highest BCUT2D eigenvalue weighted by Crippen LogP contribution is 2.45. The van der Waals surface area contributed by atoms with Gasteiger partial charge in [-0.3, -0.25) is 0 Å². The standard InChI is InChI=1S/C13H18N6/c1-2-4-9(5-3-1)10-8-11(10)14-12-6-7-13-15-17-18-19(13)16-12/h6-7,9-11H,1-5,8H2,(H,14,16). The molecule has 2 aromatic rings. The Morgan fingerprint density at radius 1 is 1.16 bits per heavy atom. The molecule has 2 atom stereocenters. The summed E-state index contributed by atoms with van der Waals surface area (Å²) in [6, 6.07) is 4.46. The quantitative estimate of drug-likeness (QED) is 0.910. The number of anilines is 1. The molecule has 0 bridgehead atoms. The molecule has 2 fully saturated rings. The van der Waals surface area contributed by atoms with Crippen molar-refractivity contribution in [3.8, 4) is 0 Å². The topological polar surface area (TPSA) is 68.0 Å². The second kappa shape index (κ2) is 4.43. The lowest BCUT2D eigenvalue weighted by Gasteiger charge is -2.21. The number of nitrogens with zero attached hydrogens (tertiary/aromatic N) is 5. The van der Waals surface area contributed by atoms with Crippen molar-refractivity contribution in [3.05, 3.63) is 12.1 Å². The van der Waals surface area contributed by atoms with Crippen molar-refractivity contribution in [1.82, 2.24) is 25.3 Å². The monoisotopic (exact) mass is 258 g/mol. The Morgan fingerprint density at radius 3 is 2.95 bits per heavy atom. The summed E-state index contributed by atoms with van der Waals surface area (Å²) < 4.78 is 1.47. The summed E-state index contributed by atoms with van der Waals surface area (Å²) in [5.74, 6) is 2.66. The molecule has 2 aliphatic rings. The Morgan fingerprint density at radius 2 is 2.05 bits per heavy atom. The number of hydrogen-bond acceptors (Lipinski definition) is 5. The van der Waals surface area contributed by atoms with Gasteiger partial charge < -0.3 is 5.32 Å². The molecule has 2 heterocycles. The summed E-state index contributed by atoms with van der Waals surface area (Å²) in [4.78, 5) is 0. The fourth-order valence-corrected chi connectivity index (χ4v) is 3.38. The van der Waals surface area contributed by atoms with Gasteiger partial charge in [0.05, 0.1) is 0 Å². The third-order valence-electron chi connectivity index (χ3n) is 4.50. The van der Waals surface area contributed by atoms with Crippen LogP contribution in [0.25, 0.3) is 5.65 Å². The molecule has 2 aliphatic carbocycles. The van der Waals surface area contributed by atoms with Gasteiger partial charge in [0.2, 0.25) is 0 Å². The van der Waals surface area contributed by atoms with Gasteiger partial charge in [-0.15, -0.1) is 14.8 Å². The van der Waals surface area contributed by atoms with E-state index >= 15 is 0 Å². The Hall–Kier alpha value is -1.72. The minimum absolute atomic E-state index is 0.601. The number of nitrogens with one attached hydrogen (secondary N) is 1. The van der Waals surface area contributed by atoms with Gasteiger partial charge in [-0.05, 0) is 40.8 Å². The molecule has 0 spiro atoms. The molecule has 2 saturated carbocycles. The summed E-state index contributed by atoms with van der Waals surface area (Å²) in [6.07, 6.45) is 8.40. The van der Waals surface area contributed by atoms with Crippen molar-refractivity contribution in [2.45, 2.75) is 44.6 Å². The van der Waals surface area contributed by atoms with E-state index in [2.05, 4.69) is 25.9 Å². The minimum Gasteiger partial charge on any atom is -0.366 e. The number of aromatic nitrogens is 5. The highest BCUT2D eigenvalue weighted by Gasteiger charge is 2.43. The third kappa shape index (κ3) is 2.15. The van der Waals surface area contributed by atoms with Crippen molar-refractivity contribution in [3.63, 3.8) is 0 Å². The smallest absolute Gasteiger partial charge is 0.200 e. The lowest BCUT2D eigenvalue weighted by molar-refractivity contribution is 0.320. The van der Waals surface area contributed by atoms with Crippen LogP contribution in [0.3, 0.4) is 0 Å². The molecule has 0 aromatic carbocycles. The lowest BCUT2D eigenvalue weighted by atomic mass is 9.85. The molecular weight excluding hydrogens is 240 g/mol. The van der Waals surface area contributed by atoms with Gasteiger partial charge in [0.15, 0.2) is 5.65 Å². The Labute approximate surface area is 111 Å². The van der Waals surface area contributed by atoms with Gasteiger partial charge in [0, 0.05) is 6.04 Å². The fourth-order valence-electron chi connectivity index (χ4n) is 3.38. The number of fused-ring (bicyclic) bond motifs is 1. The Bertz CT molecular complexity index is 573. The van der Waals surface area contributed by atoms with E-state index in [0.717, 1.165) is 17.7 Å². The second-order valence-corrected chi connectivity index (χ2v) is 5.79. The zero-order valence-electron chi connectivity index (χ0n) is 10.9. The van der Waals surface area contributed by atoms with Crippen molar-refractivity contribution in [1.29, 1.82) is 0 Å². The minimum atomic E-state index is 0.601. The molecule has 4 rings (SSSR count). The van der Waals surface area contributed by atoms with Crippen LogP contribution in [0.1, 0.15) is 38.5 Å². The average molecular weight is 258 g/mol. The molecular formula is C13H18N6. The molecule has 0 radical (unpaired) electrons. The average Bonchev–Trinajstić information content (AvgIpc) is 3.06. The summed E-state index contributed by atoms with van der Waals surface area (Å²) in [5.41, 5.74) is 0.685. The number of rotatable bonds is 3. The van der Waals surface area contributed by atoms with Crippen LogP contribution >= 0.6 is 0 Å². The first kappa shape index (κ1) is 11.1. The van der Waals surface area contributed by atoms with Crippen LogP contribution in [0, 0.1) is 11.8 Å². The van der Waals surface area contributed by atoms with E-state index in [1.807, 2.05) is 12.1 Å². The SMILES string of the molecule is c1cc2nnnn2nc1NC1CC1C1CCCCC1. The molecule has 0 aliphatic heterocycles. The number of hydrogen-bond donors (Lipinski definition) is 1. The Balaban J connectivity index is 1.42. The van der Waals surface area contributed by atoms with Crippen LogP contribution in [-0.4, -0.2) is 31.3 Å². The first-order chi connectivity index (χ1) is 9.40. The molecule has 0 amide bonds. The highest BCUT2D eigenvalue weighted by molar-refractivity contribution is 5.43. The Kier molecular flexibility index (Phi) is 2.60.